The van der Waals surface area contributed by atoms with Gasteiger partial charge in [0.25, 0.3) is 5.56 Å². The molecule has 4 nitrogen and oxygen atoms in total. The lowest BCUT2D eigenvalue weighted by molar-refractivity contribution is 0.412. The van der Waals surface area contributed by atoms with Crippen LogP contribution in [-0.4, -0.2) is 16.7 Å². The van der Waals surface area contributed by atoms with Gasteiger partial charge in [0.2, 0.25) is 0 Å². The van der Waals surface area contributed by atoms with Crippen molar-refractivity contribution in [2.75, 3.05) is 7.11 Å². The maximum atomic E-state index is 12.5. The molecule has 3 rings (SSSR count). The molecular weight excluding hydrogens is 412 g/mol. The number of ether oxygens (including phenoxy) is 1. The van der Waals surface area contributed by atoms with E-state index in [1.54, 1.807) is 17.9 Å². The van der Waals surface area contributed by atoms with E-state index in [9.17, 15) is 4.79 Å². The van der Waals surface area contributed by atoms with Crippen molar-refractivity contribution in [3.8, 4) is 5.75 Å². The van der Waals surface area contributed by atoms with Gasteiger partial charge in [0, 0.05) is 17.6 Å². The van der Waals surface area contributed by atoms with Gasteiger partial charge in [0.15, 0.2) is 0 Å². The van der Waals surface area contributed by atoms with Crippen molar-refractivity contribution in [3.63, 3.8) is 0 Å². The fourth-order valence-corrected chi connectivity index (χ4v) is 3.29. The summed E-state index contributed by atoms with van der Waals surface area (Å²) in [4.78, 5) is 16.8. The molecular formula is C16H12Br2N2O2. The van der Waals surface area contributed by atoms with Gasteiger partial charge in [-0.25, -0.2) is 0 Å². The smallest absolute Gasteiger partial charge is 0.265 e. The summed E-state index contributed by atoms with van der Waals surface area (Å²) < 4.78 is 8.40. The maximum Gasteiger partial charge on any atom is 0.265 e. The minimum atomic E-state index is -0.0949. The molecule has 0 aliphatic carbocycles. The third-order valence-corrected chi connectivity index (χ3v) is 4.56. The van der Waals surface area contributed by atoms with Crippen molar-refractivity contribution < 1.29 is 4.74 Å². The third-order valence-electron chi connectivity index (χ3n) is 3.37. The number of benzene rings is 1. The number of pyridine rings is 2. The quantitative estimate of drug-likeness (QED) is 0.639. The molecule has 0 radical (unpaired) electrons. The summed E-state index contributed by atoms with van der Waals surface area (Å²) >= 11 is 6.81. The molecule has 0 saturated heterocycles. The molecule has 112 valence electrons. The Bertz CT molecular complexity index is 892. The van der Waals surface area contributed by atoms with Gasteiger partial charge in [-0.05, 0) is 56.1 Å². The molecule has 0 unspecified atom stereocenters. The highest BCUT2D eigenvalue weighted by Crippen LogP contribution is 2.30. The highest BCUT2D eigenvalue weighted by molar-refractivity contribution is 9.10. The predicted octanol–water partition coefficient (Wildman–Crippen LogP) is 3.98. The molecule has 0 bridgehead atoms. The average Bonchev–Trinajstić information content (AvgIpc) is 2.52. The van der Waals surface area contributed by atoms with Gasteiger partial charge in [-0.2, -0.15) is 0 Å². The molecule has 6 heteroatoms. The zero-order valence-electron chi connectivity index (χ0n) is 11.7. The first kappa shape index (κ1) is 15.2. The van der Waals surface area contributed by atoms with E-state index in [1.807, 2.05) is 36.4 Å². The van der Waals surface area contributed by atoms with Gasteiger partial charge in [0.1, 0.15) is 5.75 Å². The van der Waals surface area contributed by atoms with Crippen molar-refractivity contribution in [3.05, 3.63) is 67.6 Å². The Balaban J connectivity index is 2.26. The molecule has 0 spiro atoms. The summed E-state index contributed by atoms with van der Waals surface area (Å²) in [7, 11) is 1.60. The topological polar surface area (TPSA) is 44.1 Å². The largest absolute Gasteiger partial charge is 0.495 e. The van der Waals surface area contributed by atoms with Crippen molar-refractivity contribution in [2.24, 2.45) is 0 Å². The Morgan fingerprint density at radius 1 is 1.18 bits per heavy atom. The lowest BCUT2D eigenvalue weighted by atomic mass is 10.2. The van der Waals surface area contributed by atoms with Crippen molar-refractivity contribution >= 4 is 42.8 Å². The van der Waals surface area contributed by atoms with Gasteiger partial charge in [-0.3, -0.25) is 9.78 Å². The summed E-state index contributed by atoms with van der Waals surface area (Å²) in [6.45, 7) is 0.403. The fraction of sp³-hybridized carbons (Fsp3) is 0.125. The summed E-state index contributed by atoms with van der Waals surface area (Å²) in [5, 5.41) is 0.940. The highest BCUT2D eigenvalue weighted by atomic mass is 79.9. The normalized spacial score (nSPS) is 10.9. The number of hydrogen-bond acceptors (Lipinski definition) is 3. The van der Waals surface area contributed by atoms with E-state index in [-0.39, 0.29) is 5.56 Å². The Hall–Kier alpha value is -1.66. The first-order valence-electron chi connectivity index (χ1n) is 6.56. The van der Waals surface area contributed by atoms with Crippen LogP contribution in [0.2, 0.25) is 0 Å². The first-order chi connectivity index (χ1) is 10.6. The van der Waals surface area contributed by atoms with Gasteiger partial charge in [0.05, 0.1) is 33.8 Å². The van der Waals surface area contributed by atoms with Crippen LogP contribution >= 0.6 is 31.9 Å². The molecule has 2 aromatic heterocycles. The Kier molecular flexibility index (Phi) is 4.31. The van der Waals surface area contributed by atoms with Gasteiger partial charge in [-0.1, -0.05) is 6.07 Å². The first-order valence-corrected chi connectivity index (χ1v) is 8.15. The van der Waals surface area contributed by atoms with E-state index in [2.05, 4.69) is 36.8 Å². The minimum Gasteiger partial charge on any atom is -0.495 e. The Morgan fingerprint density at radius 2 is 1.95 bits per heavy atom. The average molecular weight is 424 g/mol. The molecule has 0 saturated carbocycles. The second-order valence-electron chi connectivity index (χ2n) is 4.75. The monoisotopic (exact) mass is 422 g/mol. The van der Waals surface area contributed by atoms with Crippen LogP contribution in [0, 0.1) is 0 Å². The number of rotatable bonds is 3. The SMILES string of the molecule is COc1cc2c(cc1Br)cc(Br)c(=O)n2Cc1ccccn1. The number of fused-ring (bicyclic) bond motifs is 1. The van der Waals surface area contributed by atoms with Crippen LogP contribution < -0.4 is 10.3 Å². The van der Waals surface area contributed by atoms with Crippen molar-refractivity contribution in [1.29, 1.82) is 0 Å². The minimum absolute atomic E-state index is 0.0949. The van der Waals surface area contributed by atoms with Gasteiger partial charge in [-0.15, -0.1) is 0 Å². The third kappa shape index (κ3) is 2.80. The van der Waals surface area contributed by atoms with Crippen molar-refractivity contribution in [1.82, 2.24) is 9.55 Å². The summed E-state index contributed by atoms with van der Waals surface area (Å²) in [6.07, 6.45) is 1.72. The number of halogens is 2. The second kappa shape index (κ2) is 6.22. The zero-order valence-corrected chi connectivity index (χ0v) is 14.9. The molecule has 0 N–H and O–H groups in total. The molecule has 0 aliphatic rings. The number of methoxy groups -OCH3 is 1. The molecule has 3 aromatic rings. The summed E-state index contributed by atoms with van der Waals surface area (Å²) in [5.74, 6) is 0.684. The second-order valence-corrected chi connectivity index (χ2v) is 6.46. The Labute approximate surface area is 144 Å². The lowest BCUT2D eigenvalue weighted by Crippen LogP contribution is -2.22. The van der Waals surface area contributed by atoms with Crippen LogP contribution in [-0.2, 0) is 6.54 Å². The molecule has 0 aliphatic heterocycles. The van der Waals surface area contributed by atoms with Crippen molar-refractivity contribution in [2.45, 2.75) is 6.54 Å². The fourth-order valence-electron chi connectivity index (χ4n) is 2.31. The summed E-state index contributed by atoms with van der Waals surface area (Å²) in [5.41, 5.74) is 1.53. The van der Waals surface area contributed by atoms with E-state index in [1.165, 1.54) is 0 Å². The summed E-state index contributed by atoms with van der Waals surface area (Å²) in [6, 6.07) is 11.3. The molecule has 22 heavy (non-hydrogen) atoms. The van der Waals surface area contributed by atoms with Crippen LogP contribution in [0.5, 0.6) is 5.75 Å². The Morgan fingerprint density at radius 3 is 2.64 bits per heavy atom. The number of nitrogens with zero attached hydrogens (tertiary/aromatic N) is 2. The van der Waals surface area contributed by atoms with Crippen LogP contribution in [0.1, 0.15) is 5.69 Å². The van der Waals surface area contributed by atoms with E-state index < -0.39 is 0 Å². The highest BCUT2D eigenvalue weighted by Gasteiger charge is 2.12. The van der Waals surface area contributed by atoms with E-state index in [0.717, 1.165) is 21.1 Å². The molecule has 1 aromatic carbocycles. The molecule has 0 atom stereocenters. The van der Waals surface area contributed by atoms with Crippen LogP contribution in [0.4, 0.5) is 0 Å². The standard InChI is InChI=1S/C16H12Br2N2O2/c1-22-15-8-14-10(6-12(15)17)7-13(18)16(21)20(14)9-11-4-2-3-5-19-11/h2-8H,9H2,1H3. The number of hydrogen-bond donors (Lipinski definition) is 0. The van der Waals surface area contributed by atoms with Crippen LogP contribution in [0.3, 0.4) is 0 Å². The predicted molar refractivity (Wildman–Crippen MR) is 93.5 cm³/mol. The van der Waals surface area contributed by atoms with Crippen LogP contribution in [0.15, 0.2) is 56.3 Å². The van der Waals surface area contributed by atoms with Gasteiger partial charge < -0.3 is 9.30 Å². The molecule has 0 amide bonds. The van der Waals surface area contributed by atoms with E-state index in [0.29, 0.717) is 16.8 Å². The van der Waals surface area contributed by atoms with E-state index in [4.69, 9.17) is 4.74 Å². The van der Waals surface area contributed by atoms with Crippen LogP contribution in [0.25, 0.3) is 10.9 Å². The maximum absolute atomic E-state index is 12.5. The number of aromatic nitrogens is 2. The van der Waals surface area contributed by atoms with E-state index >= 15 is 0 Å². The zero-order chi connectivity index (χ0) is 15.7. The molecule has 2 heterocycles. The lowest BCUT2D eigenvalue weighted by Gasteiger charge is -2.13. The van der Waals surface area contributed by atoms with Gasteiger partial charge >= 0.3 is 0 Å². The molecule has 0 fully saturated rings.